The topological polar surface area (TPSA) is 66.0 Å². The van der Waals surface area contributed by atoms with Crippen LogP contribution in [0.2, 0.25) is 0 Å². The number of benzene rings is 2. The van der Waals surface area contributed by atoms with Crippen molar-refractivity contribution >= 4 is 10.9 Å². The van der Waals surface area contributed by atoms with Crippen molar-refractivity contribution in [1.29, 1.82) is 0 Å². The summed E-state index contributed by atoms with van der Waals surface area (Å²) in [5.41, 5.74) is 8.78. The molecule has 2 aromatic carbocycles. The second kappa shape index (κ2) is 8.28. The smallest absolute Gasteiger partial charge is 0.219 e. The molecule has 152 valence electrons. The first kappa shape index (κ1) is 18.8. The molecule has 0 radical (unpaired) electrons. The Morgan fingerprint density at radius 2 is 1.73 bits per heavy atom. The summed E-state index contributed by atoms with van der Waals surface area (Å²) < 4.78 is 8.03. The summed E-state index contributed by atoms with van der Waals surface area (Å²) in [7, 11) is 0. The Kier molecular flexibility index (Phi) is 5.20. The number of pyridine rings is 1. The molecule has 2 N–H and O–H groups in total. The van der Waals surface area contributed by atoms with Crippen LogP contribution in [0.15, 0.2) is 72.9 Å². The van der Waals surface area contributed by atoms with Gasteiger partial charge in [0, 0.05) is 23.2 Å². The highest BCUT2D eigenvalue weighted by molar-refractivity contribution is 5.84. The van der Waals surface area contributed by atoms with E-state index in [1.807, 2.05) is 42.5 Å². The van der Waals surface area contributed by atoms with E-state index in [9.17, 15) is 0 Å². The minimum atomic E-state index is 0.478. The van der Waals surface area contributed by atoms with Gasteiger partial charge in [-0.15, -0.1) is 0 Å². The van der Waals surface area contributed by atoms with Crippen LogP contribution in [0.25, 0.3) is 22.2 Å². The van der Waals surface area contributed by atoms with Gasteiger partial charge in [-0.2, -0.15) is 5.10 Å². The molecule has 2 heterocycles. The van der Waals surface area contributed by atoms with Crippen molar-refractivity contribution in [2.24, 2.45) is 11.7 Å². The summed E-state index contributed by atoms with van der Waals surface area (Å²) in [5.74, 6) is 2.05. The van der Waals surface area contributed by atoms with Gasteiger partial charge in [-0.3, -0.25) is 4.68 Å². The molecular formula is C25H26N4O. The zero-order chi connectivity index (χ0) is 20.3. The van der Waals surface area contributed by atoms with Crippen LogP contribution in [0.5, 0.6) is 11.6 Å². The molecule has 0 bridgehead atoms. The van der Waals surface area contributed by atoms with Crippen molar-refractivity contribution in [3.05, 3.63) is 72.9 Å². The van der Waals surface area contributed by atoms with E-state index in [2.05, 4.69) is 35.1 Å². The zero-order valence-corrected chi connectivity index (χ0v) is 16.9. The summed E-state index contributed by atoms with van der Waals surface area (Å²) >= 11 is 0. The molecule has 0 saturated heterocycles. The summed E-state index contributed by atoms with van der Waals surface area (Å²) in [5, 5.41) is 5.96. The van der Waals surface area contributed by atoms with Gasteiger partial charge in [-0.25, -0.2) is 4.98 Å². The molecule has 5 rings (SSSR count). The van der Waals surface area contributed by atoms with Gasteiger partial charge in [0.15, 0.2) is 0 Å². The third-order valence-corrected chi connectivity index (χ3v) is 6.06. The Labute approximate surface area is 176 Å². The van der Waals surface area contributed by atoms with Gasteiger partial charge in [-0.05, 0) is 68.5 Å². The van der Waals surface area contributed by atoms with E-state index < -0.39 is 0 Å². The van der Waals surface area contributed by atoms with E-state index in [4.69, 9.17) is 20.6 Å². The Morgan fingerprint density at radius 3 is 2.53 bits per heavy atom. The number of hydrogen-bond acceptors (Lipinski definition) is 4. The maximum atomic E-state index is 5.89. The number of rotatable bonds is 5. The molecule has 0 aliphatic heterocycles. The Hall–Kier alpha value is -3.18. The first-order valence-corrected chi connectivity index (χ1v) is 10.7. The highest BCUT2D eigenvalue weighted by atomic mass is 16.5. The van der Waals surface area contributed by atoms with Crippen molar-refractivity contribution in [2.75, 3.05) is 6.54 Å². The standard InChI is InChI=1S/C25H26N4O/c26-17-18-6-11-21(12-7-18)29-15-14-23(28-29)20-9-8-19-10-13-25(27-24(19)16-20)30-22-4-2-1-3-5-22/h1-5,8-10,13-16,18,21H,6-7,11-12,17,26H2. The van der Waals surface area contributed by atoms with Crippen molar-refractivity contribution in [3.8, 4) is 22.9 Å². The average molecular weight is 399 g/mol. The Balaban J connectivity index is 1.37. The summed E-state index contributed by atoms with van der Waals surface area (Å²) in [6.45, 7) is 0.803. The molecule has 5 nitrogen and oxygen atoms in total. The fourth-order valence-electron chi connectivity index (χ4n) is 4.26. The molecule has 1 saturated carbocycles. The molecule has 5 heteroatoms. The number of nitrogens with two attached hydrogens (primary N) is 1. The largest absolute Gasteiger partial charge is 0.439 e. The van der Waals surface area contributed by atoms with E-state index in [0.717, 1.165) is 47.3 Å². The van der Waals surface area contributed by atoms with Crippen molar-refractivity contribution in [2.45, 2.75) is 31.7 Å². The molecule has 1 fully saturated rings. The van der Waals surface area contributed by atoms with Crippen LogP contribution in [-0.2, 0) is 0 Å². The normalized spacial score (nSPS) is 19.1. The number of nitrogens with zero attached hydrogens (tertiary/aromatic N) is 3. The summed E-state index contributed by atoms with van der Waals surface area (Å²) in [4.78, 5) is 4.70. The second-order valence-electron chi connectivity index (χ2n) is 8.06. The third kappa shape index (κ3) is 3.94. The lowest BCUT2D eigenvalue weighted by Gasteiger charge is -2.27. The molecule has 0 amide bonds. The van der Waals surface area contributed by atoms with E-state index in [0.29, 0.717) is 17.8 Å². The summed E-state index contributed by atoms with van der Waals surface area (Å²) in [6.07, 6.45) is 6.81. The number of fused-ring (bicyclic) bond motifs is 1. The summed E-state index contributed by atoms with van der Waals surface area (Å²) in [6, 6.07) is 22.5. The average Bonchev–Trinajstić information content (AvgIpc) is 3.30. The van der Waals surface area contributed by atoms with Gasteiger partial charge < -0.3 is 10.5 Å². The molecule has 4 aromatic rings. The van der Waals surface area contributed by atoms with Crippen LogP contribution in [-0.4, -0.2) is 21.3 Å². The second-order valence-corrected chi connectivity index (χ2v) is 8.06. The van der Waals surface area contributed by atoms with Crippen LogP contribution in [0.4, 0.5) is 0 Å². The molecule has 0 atom stereocenters. The van der Waals surface area contributed by atoms with Gasteiger partial charge in [0.05, 0.1) is 17.3 Å². The predicted octanol–water partition coefficient (Wildman–Crippen LogP) is 5.58. The fraction of sp³-hybridized carbons (Fsp3) is 0.280. The fourth-order valence-corrected chi connectivity index (χ4v) is 4.26. The van der Waals surface area contributed by atoms with Crippen molar-refractivity contribution < 1.29 is 4.74 Å². The lowest BCUT2D eigenvalue weighted by molar-refractivity contribution is 0.265. The predicted molar refractivity (Wildman–Crippen MR) is 120 cm³/mol. The van der Waals surface area contributed by atoms with Crippen molar-refractivity contribution in [3.63, 3.8) is 0 Å². The number of hydrogen-bond donors (Lipinski definition) is 1. The van der Waals surface area contributed by atoms with E-state index >= 15 is 0 Å². The van der Waals surface area contributed by atoms with Crippen LogP contribution in [0.3, 0.4) is 0 Å². The lowest BCUT2D eigenvalue weighted by Crippen LogP contribution is -2.23. The molecular weight excluding hydrogens is 372 g/mol. The highest BCUT2D eigenvalue weighted by Gasteiger charge is 2.22. The van der Waals surface area contributed by atoms with Crippen LogP contribution in [0, 0.1) is 5.92 Å². The van der Waals surface area contributed by atoms with E-state index in [-0.39, 0.29) is 0 Å². The molecule has 1 aliphatic carbocycles. The van der Waals surface area contributed by atoms with Crippen molar-refractivity contribution in [1.82, 2.24) is 14.8 Å². The molecule has 0 unspecified atom stereocenters. The Bertz CT molecular complexity index is 1130. The highest BCUT2D eigenvalue weighted by Crippen LogP contribution is 2.32. The first-order valence-electron chi connectivity index (χ1n) is 10.7. The quantitative estimate of drug-likeness (QED) is 0.476. The first-order chi connectivity index (χ1) is 14.8. The van der Waals surface area contributed by atoms with Gasteiger partial charge in [0.25, 0.3) is 0 Å². The lowest BCUT2D eigenvalue weighted by atomic mass is 9.86. The molecule has 2 aromatic heterocycles. The minimum Gasteiger partial charge on any atom is -0.439 e. The van der Waals surface area contributed by atoms with Crippen LogP contribution >= 0.6 is 0 Å². The van der Waals surface area contributed by atoms with Gasteiger partial charge >= 0.3 is 0 Å². The molecule has 30 heavy (non-hydrogen) atoms. The van der Waals surface area contributed by atoms with E-state index in [1.165, 1.54) is 12.8 Å². The minimum absolute atomic E-state index is 0.478. The van der Waals surface area contributed by atoms with Gasteiger partial charge in [0.1, 0.15) is 5.75 Å². The zero-order valence-electron chi connectivity index (χ0n) is 16.9. The van der Waals surface area contributed by atoms with Gasteiger partial charge in [0.2, 0.25) is 5.88 Å². The van der Waals surface area contributed by atoms with Gasteiger partial charge in [-0.1, -0.05) is 30.3 Å². The SMILES string of the molecule is NCC1CCC(n2ccc(-c3ccc4ccc(Oc5ccccc5)nc4c3)n2)CC1. The maximum absolute atomic E-state index is 5.89. The number of para-hydroxylation sites is 1. The third-order valence-electron chi connectivity index (χ3n) is 6.06. The Morgan fingerprint density at radius 1 is 0.933 bits per heavy atom. The maximum Gasteiger partial charge on any atom is 0.219 e. The van der Waals surface area contributed by atoms with E-state index in [1.54, 1.807) is 0 Å². The van der Waals surface area contributed by atoms with Crippen LogP contribution < -0.4 is 10.5 Å². The molecule has 1 aliphatic rings. The number of ether oxygens (including phenoxy) is 1. The number of aromatic nitrogens is 3. The molecule has 0 spiro atoms. The monoisotopic (exact) mass is 398 g/mol. The van der Waals surface area contributed by atoms with Crippen LogP contribution in [0.1, 0.15) is 31.7 Å².